The van der Waals surface area contributed by atoms with Gasteiger partial charge < -0.3 is 19.4 Å². The molecule has 3 heterocycles. The molecular formula is C16H12BrFLiN3O3. The molecule has 25 heavy (non-hydrogen) atoms. The fraction of sp³-hybridized carbons (Fsp3) is 0.312. The van der Waals surface area contributed by atoms with E-state index < -0.39 is 23.7 Å². The van der Waals surface area contributed by atoms with Crippen LogP contribution in [0.3, 0.4) is 0 Å². The number of hydrogen-bond acceptors (Lipinski definition) is 4. The third-order valence-corrected chi connectivity index (χ3v) is 5.02. The number of aromatic nitrogens is 2. The van der Waals surface area contributed by atoms with Crippen LogP contribution in [-0.4, -0.2) is 26.3 Å². The van der Waals surface area contributed by atoms with E-state index >= 15 is 0 Å². The Hall–Kier alpha value is -1.62. The number of amides is 1. The first-order chi connectivity index (χ1) is 11.5. The molecule has 0 saturated carbocycles. The van der Waals surface area contributed by atoms with Crippen molar-refractivity contribution >= 4 is 27.8 Å². The molecule has 0 N–H and O–H groups in total. The van der Waals surface area contributed by atoms with E-state index in [9.17, 15) is 19.1 Å². The zero-order valence-corrected chi connectivity index (χ0v) is 15.0. The molecule has 2 aliphatic rings. The van der Waals surface area contributed by atoms with Crippen LogP contribution in [0.2, 0.25) is 0 Å². The van der Waals surface area contributed by atoms with Crippen molar-refractivity contribution in [2.45, 2.75) is 32.0 Å². The summed E-state index contributed by atoms with van der Waals surface area (Å²) in [7, 11) is 0. The number of aryl methyl sites for hydroxylation is 1. The maximum absolute atomic E-state index is 14.1. The van der Waals surface area contributed by atoms with Gasteiger partial charge in [-0.05, 0) is 25.0 Å². The van der Waals surface area contributed by atoms with Crippen LogP contribution in [0.4, 0.5) is 4.39 Å². The summed E-state index contributed by atoms with van der Waals surface area (Å²) in [6, 6.07) is 1.44. The second-order valence-electron chi connectivity index (χ2n) is 5.94. The van der Waals surface area contributed by atoms with Gasteiger partial charge in [-0.1, -0.05) is 15.9 Å². The third-order valence-electron chi connectivity index (χ3n) is 4.57. The van der Waals surface area contributed by atoms with Gasteiger partial charge in [0.15, 0.2) is 0 Å². The van der Waals surface area contributed by atoms with E-state index in [2.05, 4.69) is 20.9 Å². The van der Waals surface area contributed by atoms with Gasteiger partial charge in [0, 0.05) is 27.8 Å². The Kier molecular flexibility index (Phi) is 4.80. The quantitative estimate of drug-likeness (QED) is 0.569. The van der Waals surface area contributed by atoms with Crippen molar-refractivity contribution in [2.75, 3.05) is 0 Å². The summed E-state index contributed by atoms with van der Waals surface area (Å²) in [6.07, 6.45) is 3.19. The molecule has 1 atom stereocenters. The third kappa shape index (κ3) is 2.82. The van der Waals surface area contributed by atoms with Crippen LogP contribution in [-0.2, 0) is 24.3 Å². The minimum atomic E-state index is -1.41. The minimum Gasteiger partial charge on any atom is -0.547 e. The van der Waals surface area contributed by atoms with E-state index in [0.717, 1.165) is 23.6 Å². The van der Waals surface area contributed by atoms with E-state index in [-0.39, 0.29) is 36.5 Å². The van der Waals surface area contributed by atoms with Crippen LogP contribution >= 0.6 is 15.9 Å². The molecule has 0 aliphatic carbocycles. The second kappa shape index (κ2) is 6.60. The van der Waals surface area contributed by atoms with Crippen LogP contribution < -0.4 is 24.0 Å². The van der Waals surface area contributed by atoms with Crippen LogP contribution in [0.5, 0.6) is 0 Å². The molecule has 2 aliphatic heterocycles. The first-order valence-corrected chi connectivity index (χ1v) is 8.30. The number of carboxylic acid groups (broad SMARTS) is 1. The van der Waals surface area contributed by atoms with Crippen molar-refractivity contribution in [1.29, 1.82) is 0 Å². The molecule has 1 amide bonds. The molecule has 124 valence electrons. The van der Waals surface area contributed by atoms with Crippen molar-refractivity contribution in [3.8, 4) is 0 Å². The maximum atomic E-state index is 14.1. The Bertz CT molecular complexity index is 886. The summed E-state index contributed by atoms with van der Waals surface area (Å²) in [6.45, 7) is 0.663. The average Bonchev–Trinajstić information content (AvgIpc) is 3.18. The Labute approximate surface area is 163 Å². The summed E-state index contributed by atoms with van der Waals surface area (Å²) in [5.74, 6) is -2.48. The summed E-state index contributed by atoms with van der Waals surface area (Å²) in [4.78, 5) is 29.7. The molecule has 6 nitrogen and oxygen atoms in total. The van der Waals surface area contributed by atoms with Gasteiger partial charge in [0.25, 0.3) is 5.91 Å². The molecule has 0 fully saturated rings. The van der Waals surface area contributed by atoms with Crippen molar-refractivity contribution in [3.05, 3.63) is 51.3 Å². The summed E-state index contributed by atoms with van der Waals surface area (Å²) in [5, 5.41) is 11.8. The number of rotatable bonds is 3. The number of benzene rings is 1. The van der Waals surface area contributed by atoms with Crippen LogP contribution in [0, 0.1) is 5.82 Å². The van der Waals surface area contributed by atoms with Gasteiger partial charge in [-0.25, -0.2) is 9.37 Å². The number of carbonyl (C=O) groups is 2. The van der Waals surface area contributed by atoms with E-state index in [0.29, 0.717) is 16.6 Å². The molecule has 0 spiro atoms. The zero-order valence-electron chi connectivity index (χ0n) is 13.5. The van der Waals surface area contributed by atoms with E-state index in [1.807, 2.05) is 4.57 Å². The number of imidazole rings is 1. The van der Waals surface area contributed by atoms with Gasteiger partial charge in [0.1, 0.15) is 11.9 Å². The molecule has 9 heteroatoms. The first kappa shape index (κ1) is 18.2. The Balaban J connectivity index is 0.00000182. The molecule has 1 unspecified atom stereocenters. The van der Waals surface area contributed by atoms with Crippen LogP contribution in [0.25, 0.3) is 0 Å². The first-order valence-electron chi connectivity index (χ1n) is 7.51. The molecule has 4 rings (SSSR count). The van der Waals surface area contributed by atoms with E-state index in [1.54, 1.807) is 6.33 Å². The van der Waals surface area contributed by atoms with Crippen LogP contribution in [0.15, 0.2) is 22.9 Å². The number of hydrogen-bond donors (Lipinski definition) is 0. The number of fused-ring (bicyclic) bond motifs is 2. The topological polar surface area (TPSA) is 78.3 Å². The Morgan fingerprint density at radius 1 is 1.40 bits per heavy atom. The standard InChI is InChI=1S/C16H13BrFN3O3.Li/c17-8-4-9-10(11(18)5-8)6-21(15(9)22)14(16(23)24)13-12-2-1-3-20(12)7-19-13;/h4-5,7,14H,1-3,6H2,(H,23,24);/q;+1/p-1. The SMILES string of the molecule is O=C([O-])C(c1ncn2c1CCC2)N1Cc2c(F)cc(Br)cc2C1=O.[Li+]. The number of halogens is 2. The molecule has 1 aromatic heterocycles. The van der Waals surface area contributed by atoms with Crippen LogP contribution in [0.1, 0.15) is 39.8 Å². The molecule has 0 radical (unpaired) electrons. The molecule has 1 aromatic carbocycles. The normalized spacial score (nSPS) is 16.4. The molecule has 0 saturated heterocycles. The minimum absolute atomic E-state index is 0. The smallest absolute Gasteiger partial charge is 0.547 e. The predicted octanol–water partition coefficient (Wildman–Crippen LogP) is -1.82. The summed E-state index contributed by atoms with van der Waals surface area (Å²) >= 11 is 3.15. The average molecular weight is 400 g/mol. The number of carbonyl (C=O) groups excluding carboxylic acids is 2. The zero-order chi connectivity index (χ0) is 17.0. The van der Waals surface area contributed by atoms with Gasteiger partial charge in [0.2, 0.25) is 0 Å². The molecular weight excluding hydrogens is 388 g/mol. The maximum Gasteiger partial charge on any atom is 1.00 e. The number of aliphatic carboxylic acids is 1. The largest absolute Gasteiger partial charge is 1.00 e. The summed E-state index contributed by atoms with van der Waals surface area (Å²) in [5.41, 5.74) is 1.48. The predicted molar refractivity (Wildman–Crippen MR) is 82.3 cm³/mol. The Morgan fingerprint density at radius 3 is 2.88 bits per heavy atom. The van der Waals surface area contributed by atoms with Crippen molar-refractivity contribution in [2.24, 2.45) is 0 Å². The number of nitrogens with zero attached hydrogens (tertiary/aromatic N) is 3. The van der Waals surface area contributed by atoms with Gasteiger partial charge in [-0.3, -0.25) is 4.79 Å². The fourth-order valence-electron chi connectivity index (χ4n) is 3.48. The van der Waals surface area contributed by atoms with E-state index in [1.165, 1.54) is 12.1 Å². The van der Waals surface area contributed by atoms with Crippen molar-refractivity contribution in [3.63, 3.8) is 0 Å². The molecule has 2 aromatic rings. The fourth-order valence-corrected chi connectivity index (χ4v) is 3.91. The van der Waals surface area contributed by atoms with E-state index in [4.69, 9.17) is 0 Å². The van der Waals surface area contributed by atoms with Crippen molar-refractivity contribution < 1.29 is 37.9 Å². The second-order valence-corrected chi connectivity index (χ2v) is 6.86. The van der Waals surface area contributed by atoms with Gasteiger partial charge >= 0.3 is 18.9 Å². The molecule has 0 bridgehead atoms. The summed E-state index contributed by atoms with van der Waals surface area (Å²) < 4.78 is 16.5. The van der Waals surface area contributed by atoms with Crippen molar-refractivity contribution in [1.82, 2.24) is 14.5 Å². The van der Waals surface area contributed by atoms with Gasteiger partial charge in [-0.15, -0.1) is 0 Å². The Morgan fingerprint density at radius 2 is 2.16 bits per heavy atom. The number of carboxylic acids is 1. The van der Waals surface area contributed by atoms with Gasteiger partial charge in [0.05, 0.1) is 24.5 Å². The van der Waals surface area contributed by atoms with Gasteiger partial charge in [-0.2, -0.15) is 0 Å². The monoisotopic (exact) mass is 399 g/mol.